The van der Waals surface area contributed by atoms with Gasteiger partial charge in [-0.2, -0.15) is 0 Å². The van der Waals surface area contributed by atoms with Gasteiger partial charge in [0.05, 0.1) is 5.69 Å². The van der Waals surface area contributed by atoms with Gasteiger partial charge in [0.1, 0.15) is 0 Å². The van der Waals surface area contributed by atoms with Gasteiger partial charge in [-0.1, -0.05) is 218 Å². The molecule has 0 aliphatic heterocycles. The zero-order chi connectivity index (χ0) is 41.7. The molecule has 12 rings (SSSR count). The van der Waals surface area contributed by atoms with Crippen LogP contribution in [0.4, 0.5) is 17.1 Å². The van der Waals surface area contributed by atoms with Crippen molar-refractivity contribution in [2.45, 2.75) is 0 Å². The fraction of sp³-hybridized carbons (Fsp3) is 0. The number of fused-ring (bicyclic) bond motifs is 8. The first-order valence-corrected chi connectivity index (χ1v) is 21.8. The van der Waals surface area contributed by atoms with Crippen LogP contribution in [0.1, 0.15) is 0 Å². The minimum absolute atomic E-state index is 1.09. The minimum Gasteiger partial charge on any atom is -0.310 e. The second-order valence-electron chi connectivity index (χ2n) is 16.4. The van der Waals surface area contributed by atoms with E-state index >= 15 is 0 Å². The van der Waals surface area contributed by atoms with Gasteiger partial charge in [-0.25, -0.2) is 0 Å². The highest BCUT2D eigenvalue weighted by Gasteiger charge is 2.20. The van der Waals surface area contributed by atoms with Gasteiger partial charge in [0.15, 0.2) is 0 Å². The molecule has 12 aromatic carbocycles. The summed E-state index contributed by atoms with van der Waals surface area (Å²) >= 11 is 0. The summed E-state index contributed by atoms with van der Waals surface area (Å²) in [5.41, 5.74) is 13.0. The average Bonchev–Trinajstić information content (AvgIpc) is 3.37. The average molecular weight is 800 g/mol. The van der Waals surface area contributed by atoms with Crippen LogP contribution in [0.5, 0.6) is 0 Å². The Morgan fingerprint density at radius 1 is 0.222 bits per heavy atom. The summed E-state index contributed by atoms with van der Waals surface area (Å²) in [7, 11) is 0. The van der Waals surface area contributed by atoms with Gasteiger partial charge < -0.3 is 4.90 Å². The van der Waals surface area contributed by atoms with Gasteiger partial charge in [-0.15, -0.1) is 0 Å². The first-order chi connectivity index (χ1) is 31.3. The molecule has 0 saturated carbocycles. The van der Waals surface area contributed by atoms with E-state index in [4.69, 9.17) is 0 Å². The van der Waals surface area contributed by atoms with Crippen molar-refractivity contribution >= 4 is 70.9 Å². The molecule has 0 fully saturated rings. The van der Waals surface area contributed by atoms with E-state index in [2.05, 4.69) is 254 Å². The van der Waals surface area contributed by atoms with Crippen LogP contribution in [0.2, 0.25) is 0 Å². The SMILES string of the molecule is c1ccc(-c2ccc3ccccc3c2-c2ccc(N(c3ccc(-c4ccc(-c5cccc6ccccc56)cc4)cc3)c3cccc4c5ccccc5c5ccccc5c34)cc2)cc1. The molecule has 294 valence electrons. The van der Waals surface area contributed by atoms with Crippen molar-refractivity contribution in [2.24, 2.45) is 0 Å². The molecule has 0 aliphatic rings. The Morgan fingerprint density at radius 2 is 0.651 bits per heavy atom. The van der Waals surface area contributed by atoms with Crippen molar-refractivity contribution in [1.29, 1.82) is 0 Å². The smallest absolute Gasteiger partial charge is 0.0546 e. The van der Waals surface area contributed by atoms with Crippen LogP contribution in [-0.2, 0) is 0 Å². The van der Waals surface area contributed by atoms with E-state index in [-0.39, 0.29) is 0 Å². The van der Waals surface area contributed by atoms with Gasteiger partial charge in [0, 0.05) is 16.8 Å². The lowest BCUT2D eigenvalue weighted by molar-refractivity contribution is 1.30. The molecule has 12 aromatic rings. The Hall–Kier alpha value is -8.26. The van der Waals surface area contributed by atoms with E-state index in [0.29, 0.717) is 0 Å². The lowest BCUT2D eigenvalue weighted by Gasteiger charge is -2.28. The zero-order valence-corrected chi connectivity index (χ0v) is 34.6. The summed E-state index contributed by atoms with van der Waals surface area (Å²) in [6.45, 7) is 0. The van der Waals surface area contributed by atoms with Crippen LogP contribution in [0.25, 0.3) is 98.4 Å². The second-order valence-corrected chi connectivity index (χ2v) is 16.4. The van der Waals surface area contributed by atoms with Crippen LogP contribution in [0.3, 0.4) is 0 Å². The summed E-state index contributed by atoms with van der Waals surface area (Å²) in [6, 6.07) is 91.0. The van der Waals surface area contributed by atoms with E-state index < -0.39 is 0 Å². The summed E-state index contributed by atoms with van der Waals surface area (Å²) < 4.78 is 0. The molecule has 0 spiro atoms. The van der Waals surface area contributed by atoms with Crippen LogP contribution in [0, 0.1) is 0 Å². The number of anilines is 3. The highest BCUT2D eigenvalue weighted by atomic mass is 15.1. The Balaban J connectivity index is 1.01. The van der Waals surface area contributed by atoms with Crippen molar-refractivity contribution in [3.8, 4) is 44.5 Å². The van der Waals surface area contributed by atoms with E-state index in [0.717, 1.165) is 17.1 Å². The molecule has 0 unspecified atom stereocenters. The normalized spacial score (nSPS) is 11.5. The third kappa shape index (κ3) is 6.33. The van der Waals surface area contributed by atoms with Gasteiger partial charge in [-0.3, -0.25) is 0 Å². The van der Waals surface area contributed by atoms with Gasteiger partial charge in [-0.05, 0) is 123 Å². The maximum absolute atomic E-state index is 2.45. The summed E-state index contributed by atoms with van der Waals surface area (Å²) in [5.74, 6) is 0. The third-order valence-corrected chi connectivity index (χ3v) is 12.9. The number of nitrogens with zero attached hydrogens (tertiary/aromatic N) is 1. The minimum atomic E-state index is 1.09. The fourth-order valence-corrected chi connectivity index (χ4v) is 9.89. The quantitative estimate of drug-likeness (QED) is 0.145. The molecule has 0 aliphatic carbocycles. The summed E-state index contributed by atoms with van der Waals surface area (Å²) in [4.78, 5) is 2.45. The Morgan fingerprint density at radius 3 is 1.30 bits per heavy atom. The molecule has 0 aromatic heterocycles. The maximum atomic E-state index is 2.45. The Bertz CT molecular complexity index is 3590. The molecule has 0 saturated heterocycles. The fourth-order valence-electron chi connectivity index (χ4n) is 9.89. The molecular weight excluding hydrogens is 759 g/mol. The van der Waals surface area contributed by atoms with E-state index in [1.165, 1.54) is 98.4 Å². The molecule has 63 heavy (non-hydrogen) atoms. The number of rotatable bonds is 7. The van der Waals surface area contributed by atoms with E-state index in [9.17, 15) is 0 Å². The molecule has 0 bridgehead atoms. The largest absolute Gasteiger partial charge is 0.310 e. The first kappa shape index (κ1) is 36.6. The van der Waals surface area contributed by atoms with Gasteiger partial charge >= 0.3 is 0 Å². The van der Waals surface area contributed by atoms with Crippen molar-refractivity contribution < 1.29 is 0 Å². The highest BCUT2D eigenvalue weighted by molar-refractivity contribution is 6.28. The van der Waals surface area contributed by atoms with Crippen LogP contribution < -0.4 is 4.90 Å². The van der Waals surface area contributed by atoms with Crippen molar-refractivity contribution in [2.75, 3.05) is 4.90 Å². The molecule has 0 atom stereocenters. The maximum Gasteiger partial charge on any atom is 0.0546 e. The van der Waals surface area contributed by atoms with Gasteiger partial charge in [0.25, 0.3) is 0 Å². The molecular formula is C62H41N. The highest BCUT2D eigenvalue weighted by Crippen LogP contribution is 2.46. The molecule has 1 heteroatoms. The Labute approximate surface area is 367 Å². The number of hydrogen-bond acceptors (Lipinski definition) is 1. The lowest BCUT2D eigenvalue weighted by atomic mass is 9.89. The monoisotopic (exact) mass is 799 g/mol. The van der Waals surface area contributed by atoms with E-state index in [1.807, 2.05) is 0 Å². The topological polar surface area (TPSA) is 3.24 Å². The lowest BCUT2D eigenvalue weighted by Crippen LogP contribution is -2.10. The second kappa shape index (κ2) is 15.3. The molecule has 1 nitrogen and oxygen atoms in total. The molecule has 0 amide bonds. The van der Waals surface area contributed by atoms with Crippen LogP contribution in [-0.4, -0.2) is 0 Å². The summed E-state index contributed by atoms with van der Waals surface area (Å²) in [6.07, 6.45) is 0. The van der Waals surface area contributed by atoms with Crippen LogP contribution in [0.15, 0.2) is 249 Å². The third-order valence-electron chi connectivity index (χ3n) is 12.9. The first-order valence-electron chi connectivity index (χ1n) is 21.8. The van der Waals surface area contributed by atoms with E-state index in [1.54, 1.807) is 0 Å². The predicted molar refractivity (Wildman–Crippen MR) is 270 cm³/mol. The number of hydrogen-bond donors (Lipinski definition) is 0. The predicted octanol–water partition coefficient (Wildman–Crippen LogP) is 17.6. The van der Waals surface area contributed by atoms with Crippen molar-refractivity contribution in [3.63, 3.8) is 0 Å². The van der Waals surface area contributed by atoms with Gasteiger partial charge in [0.2, 0.25) is 0 Å². The number of benzene rings is 12. The zero-order valence-electron chi connectivity index (χ0n) is 34.6. The molecule has 0 radical (unpaired) electrons. The standard InChI is InChI=1S/C62H41N/c1-2-14-45(15-3-1)54-41-36-46-17-5-7-20-53(46)61(54)48-34-39-50(40-35-48)63(60-27-13-26-59-57-22-9-8-21-55(57)56-23-10-11-24-58(56)62(59)60)49-37-32-43(33-38-49)42-28-30-47(31-29-42)52-25-12-18-44-16-4-6-19-51(44)52/h1-41H. The molecule has 0 N–H and O–H groups in total. The Kier molecular flexibility index (Phi) is 8.90. The van der Waals surface area contributed by atoms with Crippen molar-refractivity contribution in [1.82, 2.24) is 0 Å². The van der Waals surface area contributed by atoms with Crippen LogP contribution >= 0.6 is 0 Å². The summed E-state index contributed by atoms with van der Waals surface area (Å²) in [5, 5.41) is 12.5. The van der Waals surface area contributed by atoms with Crippen molar-refractivity contribution in [3.05, 3.63) is 249 Å². The molecule has 0 heterocycles.